The second-order valence-corrected chi connectivity index (χ2v) is 6.32. The number of non-ortho nitro benzene ring substituents is 2. The zero-order valence-corrected chi connectivity index (χ0v) is 15.0. The molecule has 142 valence electrons. The normalized spacial score (nSPS) is 10.3. The smallest absolute Gasteiger partial charge is 0.277 e. The summed E-state index contributed by atoms with van der Waals surface area (Å²) < 4.78 is 5.08. The number of anilines is 1. The van der Waals surface area contributed by atoms with Gasteiger partial charge in [-0.15, -0.1) is 10.2 Å². The molecule has 0 aliphatic heterocycles. The summed E-state index contributed by atoms with van der Waals surface area (Å²) in [6, 6.07) is 9.73. The molecule has 0 radical (unpaired) electrons. The number of aromatic nitrogens is 2. The van der Waals surface area contributed by atoms with Crippen LogP contribution in [0.2, 0.25) is 0 Å². The van der Waals surface area contributed by atoms with Crippen molar-refractivity contribution in [3.63, 3.8) is 0 Å². The Kier molecular flexibility index (Phi) is 5.22. The van der Waals surface area contributed by atoms with Crippen molar-refractivity contribution in [2.24, 2.45) is 0 Å². The minimum Gasteiger partial charge on any atom is -0.497 e. The molecule has 1 N–H and O–H groups in total. The standard InChI is InChI=1S/C16H11N5O6S/c1-27-13-4-2-9(3-5-13)15-18-19-16(28-15)17-14(22)10-6-11(20(23)24)8-12(7-10)21(25)26/h2-8H,1H3,(H,17,19,22). The van der Waals surface area contributed by atoms with Crippen molar-refractivity contribution in [2.75, 3.05) is 12.4 Å². The Morgan fingerprint density at radius 3 is 2.18 bits per heavy atom. The molecule has 0 saturated heterocycles. The third kappa shape index (κ3) is 4.07. The maximum atomic E-state index is 12.4. The number of carbonyl (C=O) groups excluding carboxylic acids is 1. The lowest BCUT2D eigenvalue weighted by atomic mass is 10.1. The number of rotatable bonds is 6. The highest BCUT2D eigenvalue weighted by Gasteiger charge is 2.20. The maximum Gasteiger partial charge on any atom is 0.277 e. The van der Waals surface area contributed by atoms with E-state index >= 15 is 0 Å². The van der Waals surface area contributed by atoms with Gasteiger partial charge < -0.3 is 4.74 Å². The average Bonchev–Trinajstić information content (AvgIpc) is 3.16. The van der Waals surface area contributed by atoms with Crippen LogP contribution in [0.4, 0.5) is 16.5 Å². The molecule has 0 bridgehead atoms. The molecule has 11 nitrogen and oxygen atoms in total. The van der Waals surface area contributed by atoms with E-state index in [9.17, 15) is 25.0 Å². The van der Waals surface area contributed by atoms with Gasteiger partial charge in [0.25, 0.3) is 17.3 Å². The predicted molar refractivity (Wildman–Crippen MR) is 99.6 cm³/mol. The van der Waals surface area contributed by atoms with Gasteiger partial charge in [-0.25, -0.2) is 0 Å². The molecule has 0 fully saturated rings. The first kappa shape index (κ1) is 18.8. The van der Waals surface area contributed by atoms with Gasteiger partial charge in [-0.2, -0.15) is 0 Å². The fourth-order valence-corrected chi connectivity index (χ4v) is 2.97. The summed E-state index contributed by atoms with van der Waals surface area (Å²) in [6.07, 6.45) is 0. The van der Waals surface area contributed by atoms with Crippen LogP contribution in [0.5, 0.6) is 5.75 Å². The summed E-state index contributed by atoms with van der Waals surface area (Å²) in [4.78, 5) is 32.6. The van der Waals surface area contributed by atoms with Gasteiger partial charge in [-0.3, -0.25) is 30.3 Å². The monoisotopic (exact) mass is 401 g/mol. The SMILES string of the molecule is COc1ccc(-c2nnc(NC(=O)c3cc([N+](=O)[O-])cc([N+](=O)[O-])c3)s2)cc1. The van der Waals surface area contributed by atoms with E-state index < -0.39 is 27.1 Å². The molecule has 2 aromatic carbocycles. The van der Waals surface area contributed by atoms with E-state index in [1.54, 1.807) is 31.4 Å². The summed E-state index contributed by atoms with van der Waals surface area (Å²) in [6.45, 7) is 0. The topological polar surface area (TPSA) is 150 Å². The quantitative estimate of drug-likeness (QED) is 0.488. The third-order valence-electron chi connectivity index (χ3n) is 3.57. The first-order valence-corrected chi connectivity index (χ1v) is 8.42. The number of benzene rings is 2. The Morgan fingerprint density at radius 1 is 1.04 bits per heavy atom. The second-order valence-electron chi connectivity index (χ2n) is 5.35. The van der Waals surface area contributed by atoms with E-state index in [4.69, 9.17) is 4.74 Å². The van der Waals surface area contributed by atoms with Crippen molar-refractivity contribution in [1.29, 1.82) is 0 Å². The molecular weight excluding hydrogens is 390 g/mol. The van der Waals surface area contributed by atoms with E-state index in [-0.39, 0.29) is 10.7 Å². The van der Waals surface area contributed by atoms with Crippen LogP contribution < -0.4 is 10.1 Å². The lowest BCUT2D eigenvalue weighted by Crippen LogP contribution is -2.12. The molecule has 3 aromatic rings. The molecule has 0 atom stereocenters. The third-order valence-corrected chi connectivity index (χ3v) is 4.46. The van der Waals surface area contributed by atoms with Crippen LogP contribution in [0, 0.1) is 20.2 Å². The highest BCUT2D eigenvalue weighted by Crippen LogP contribution is 2.29. The van der Waals surface area contributed by atoms with Crippen molar-refractivity contribution in [3.8, 4) is 16.3 Å². The Bertz CT molecular complexity index is 1030. The maximum absolute atomic E-state index is 12.4. The second kappa shape index (κ2) is 7.75. The number of carbonyl (C=O) groups is 1. The van der Waals surface area contributed by atoms with Gasteiger partial charge in [0.1, 0.15) is 10.8 Å². The van der Waals surface area contributed by atoms with Gasteiger partial charge in [-0.05, 0) is 24.3 Å². The number of nitrogens with zero attached hydrogens (tertiary/aromatic N) is 4. The van der Waals surface area contributed by atoms with Crippen LogP contribution in [0.1, 0.15) is 10.4 Å². The lowest BCUT2D eigenvalue weighted by molar-refractivity contribution is -0.394. The van der Waals surface area contributed by atoms with Crippen molar-refractivity contribution >= 4 is 33.8 Å². The number of nitro benzene ring substituents is 2. The summed E-state index contributed by atoms with van der Waals surface area (Å²) in [5, 5.41) is 32.8. The number of hydrogen-bond acceptors (Lipinski definition) is 9. The summed E-state index contributed by atoms with van der Waals surface area (Å²) in [7, 11) is 1.55. The fraction of sp³-hybridized carbons (Fsp3) is 0.0625. The van der Waals surface area contributed by atoms with Crippen molar-refractivity contribution in [3.05, 3.63) is 68.3 Å². The average molecular weight is 401 g/mol. The van der Waals surface area contributed by atoms with Crippen molar-refractivity contribution in [2.45, 2.75) is 0 Å². The van der Waals surface area contributed by atoms with Crippen LogP contribution in [-0.2, 0) is 0 Å². The minimum absolute atomic E-state index is 0.143. The Labute approximate surface area is 160 Å². The molecule has 1 amide bonds. The largest absolute Gasteiger partial charge is 0.497 e. The Balaban J connectivity index is 1.82. The lowest BCUT2D eigenvalue weighted by Gasteiger charge is -2.02. The Morgan fingerprint density at radius 2 is 1.64 bits per heavy atom. The number of nitro groups is 2. The molecule has 1 aromatic heterocycles. The predicted octanol–water partition coefficient (Wildman–Crippen LogP) is 3.28. The number of ether oxygens (including phenoxy) is 1. The zero-order valence-electron chi connectivity index (χ0n) is 14.2. The highest BCUT2D eigenvalue weighted by molar-refractivity contribution is 7.18. The highest BCUT2D eigenvalue weighted by atomic mass is 32.1. The van der Waals surface area contributed by atoms with Gasteiger partial charge >= 0.3 is 0 Å². The number of methoxy groups -OCH3 is 1. The summed E-state index contributed by atoms with van der Waals surface area (Å²) >= 11 is 1.08. The van der Waals surface area contributed by atoms with Crippen molar-refractivity contribution in [1.82, 2.24) is 10.2 Å². The Hall–Kier alpha value is -3.93. The molecule has 1 heterocycles. The fourth-order valence-electron chi connectivity index (χ4n) is 2.23. The van der Waals surface area contributed by atoms with Crippen LogP contribution in [0.25, 0.3) is 10.6 Å². The first-order valence-electron chi connectivity index (χ1n) is 7.60. The van der Waals surface area contributed by atoms with Crippen LogP contribution in [-0.4, -0.2) is 33.1 Å². The van der Waals surface area contributed by atoms with Gasteiger partial charge in [-0.1, -0.05) is 11.3 Å². The van der Waals surface area contributed by atoms with E-state index in [2.05, 4.69) is 15.5 Å². The molecule has 0 unspecified atom stereocenters. The van der Waals surface area contributed by atoms with Crippen LogP contribution in [0.15, 0.2) is 42.5 Å². The molecule has 28 heavy (non-hydrogen) atoms. The molecule has 0 saturated carbocycles. The van der Waals surface area contributed by atoms with Crippen molar-refractivity contribution < 1.29 is 19.4 Å². The van der Waals surface area contributed by atoms with E-state index in [1.165, 1.54) is 0 Å². The van der Waals surface area contributed by atoms with Gasteiger partial charge in [0.05, 0.1) is 28.6 Å². The van der Waals surface area contributed by atoms with Gasteiger partial charge in [0.15, 0.2) is 0 Å². The molecule has 0 aliphatic carbocycles. The summed E-state index contributed by atoms with van der Waals surface area (Å²) in [5.41, 5.74) is -0.599. The number of amides is 1. The van der Waals surface area contributed by atoms with Gasteiger partial charge in [0, 0.05) is 17.7 Å². The minimum atomic E-state index is -0.809. The molecule has 0 aliphatic rings. The number of hydrogen-bond donors (Lipinski definition) is 1. The van der Waals surface area contributed by atoms with Crippen LogP contribution >= 0.6 is 11.3 Å². The zero-order chi connectivity index (χ0) is 20.3. The van der Waals surface area contributed by atoms with E-state index in [0.717, 1.165) is 35.1 Å². The van der Waals surface area contributed by atoms with E-state index in [0.29, 0.717) is 10.8 Å². The first-order chi connectivity index (χ1) is 13.4. The summed E-state index contributed by atoms with van der Waals surface area (Å²) in [5.74, 6) is -0.0988. The molecule has 0 spiro atoms. The molecule has 3 rings (SSSR count). The molecular formula is C16H11N5O6S. The number of nitrogens with one attached hydrogen (secondary N) is 1. The van der Waals surface area contributed by atoms with E-state index in [1.807, 2.05) is 0 Å². The van der Waals surface area contributed by atoms with Gasteiger partial charge in [0.2, 0.25) is 5.13 Å². The van der Waals surface area contributed by atoms with Crippen LogP contribution in [0.3, 0.4) is 0 Å². The molecule has 12 heteroatoms.